The van der Waals surface area contributed by atoms with Crippen LogP contribution >= 0.6 is 22.9 Å². The molecule has 1 amide bonds. The Hall–Kier alpha value is -1.34. The Kier molecular flexibility index (Phi) is 9.19. The molecule has 0 bridgehead atoms. The number of carbonyl (C=O) groups excluding carboxylic acids is 1. The van der Waals surface area contributed by atoms with Gasteiger partial charge in [-0.2, -0.15) is 0 Å². The Morgan fingerprint density at radius 3 is 2.61 bits per heavy atom. The van der Waals surface area contributed by atoms with Gasteiger partial charge in [0.15, 0.2) is 11.6 Å². The van der Waals surface area contributed by atoms with E-state index in [1.54, 1.807) is 4.57 Å². The molecule has 0 radical (unpaired) electrons. The fourth-order valence-electron chi connectivity index (χ4n) is 2.70. The second-order valence-electron chi connectivity index (χ2n) is 6.29. The van der Waals surface area contributed by atoms with E-state index in [-0.39, 0.29) is 91.2 Å². The Bertz CT molecular complexity index is 1140. The number of carboxylic acid groups (broad SMARTS) is 1. The Morgan fingerprint density at radius 2 is 1.97 bits per heavy atom. The molecule has 0 saturated carbocycles. The second-order valence-corrected chi connectivity index (χ2v) is 7.73. The molecule has 160 valence electrons. The van der Waals surface area contributed by atoms with Gasteiger partial charge in [-0.15, -0.1) is 11.3 Å². The Balaban J connectivity index is 0.00000341. The molecule has 0 spiro atoms. The number of amides is 1. The summed E-state index contributed by atoms with van der Waals surface area (Å²) >= 11 is 7.07. The fourth-order valence-corrected chi connectivity index (χ4v) is 4.02. The zero-order chi connectivity index (χ0) is 22.0. The first-order valence-electron chi connectivity index (χ1n) is 8.76. The van der Waals surface area contributed by atoms with Crippen LogP contribution in [0.3, 0.4) is 0 Å². The van der Waals surface area contributed by atoms with Gasteiger partial charge in [-0.1, -0.05) is 11.6 Å². The maximum atomic E-state index is 14.0. The van der Waals surface area contributed by atoms with Crippen LogP contribution in [-0.4, -0.2) is 83.0 Å². The van der Waals surface area contributed by atoms with Gasteiger partial charge in [-0.05, 0) is 19.4 Å². The van der Waals surface area contributed by atoms with Gasteiger partial charge in [0, 0.05) is 41.9 Å². The van der Waals surface area contributed by atoms with Gasteiger partial charge in [-0.25, -0.2) is 18.6 Å². The van der Waals surface area contributed by atoms with Crippen molar-refractivity contribution < 1.29 is 28.6 Å². The molecule has 0 saturated heterocycles. The fraction of sp³-hybridized carbons (Fsp3) is 0.211. The molecule has 0 aliphatic heterocycles. The van der Waals surface area contributed by atoms with E-state index in [9.17, 15) is 28.6 Å². The summed E-state index contributed by atoms with van der Waals surface area (Å²) in [4.78, 5) is 28.1. The summed E-state index contributed by atoms with van der Waals surface area (Å²) in [6, 6.07) is 1.47. The molecular weight excluding hydrogens is 479 g/mol. The van der Waals surface area contributed by atoms with Gasteiger partial charge < -0.3 is 20.1 Å². The van der Waals surface area contributed by atoms with Crippen LogP contribution in [0.15, 0.2) is 24.5 Å². The topological polar surface area (TPSA) is 104 Å². The summed E-state index contributed by atoms with van der Waals surface area (Å²) in [5.41, 5.74) is 0.0140. The van der Waals surface area contributed by atoms with Crippen LogP contribution in [0.4, 0.5) is 14.5 Å². The molecule has 1 aromatic carbocycles. The number of aromatic carboxylic acids is 1. The number of nitrogens with one attached hydrogen (secondary N) is 1. The van der Waals surface area contributed by atoms with Gasteiger partial charge in [0.05, 0.1) is 5.69 Å². The van der Waals surface area contributed by atoms with Gasteiger partial charge in [0.25, 0.3) is 0 Å². The number of aryl methyl sites for hydroxylation is 2. The summed E-state index contributed by atoms with van der Waals surface area (Å²) in [6.45, 7) is 2.38. The van der Waals surface area contributed by atoms with E-state index >= 15 is 0 Å². The van der Waals surface area contributed by atoms with Crippen LogP contribution in [0, 0.1) is 11.6 Å². The molecule has 0 aliphatic carbocycles. The van der Waals surface area contributed by atoms with E-state index in [2.05, 4.69) is 10.3 Å². The van der Waals surface area contributed by atoms with E-state index in [1.165, 1.54) is 12.4 Å². The molecule has 0 atom stereocenters. The summed E-state index contributed by atoms with van der Waals surface area (Å²) < 4.78 is 29.2. The number of carbonyl (C=O) groups is 2. The number of phenols is 1. The van der Waals surface area contributed by atoms with Crippen molar-refractivity contribution >= 4 is 91.9 Å². The van der Waals surface area contributed by atoms with Crippen LogP contribution < -0.4 is 5.32 Å². The van der Waals surface area contributed by atoms with E-state index in [0.717, 1.165) is 17.4 Å². The molecule has 0 aliphatic rings. The van der Waals surface area contributed by atoms with Gasteiger partial charge >= 0.3 is 57.4 Å². The molecule has 3 N–H and O–H groups in total. The average Bonchev–Trinajstić information content (AvgIpc) is 3.26. The van der Waals surface area contributed by atoms with Crippen LogP contribution in [0.1, 0.15) is 28.6 Å². The molecule has 7 nitrogen and oxygen atoms in total. The molecule has 12 heteroatoms. The monoisotopic (exact) mass is 495 g/mol. The number of anilines is 1. The number of carboxylic acids is 1. The third-order valence-electron chi connectivity index (χ3n) is 4.25. The van der Waals surface area contributed by atoms with Crippen molar-refractivity contribution in [1.82, 2.24) is 9.55 Å². The molecule has 0 fully saturated rings. The summed E-state index contributed by atoms with van der Waals surface area (Å²) in [5.74, 6) is -4.25. The Morgan fingerprint density at radius 1 is 1.26 bits per heavy atom. The summed E-state index contributed by atoms with van der Waals surface area (Å²) in [7, 11) is 0. The normalized spacial score (nSPS) is 10.6. The minimum absolute atomic E-state index is 0. The SMILES string of the molecule is CCn1cc(NC(=O)CCc2sc(-c3cc(F)c(O)cc3F)nc2Cl)c(C(=O)O)c1.[KH]. The third-order valence-corrected chi connectivity index (χ3v) is 5.82. The summed E-state index contributed by atoms with van der Waals surface area (Å²) in [6.07, 6.45) is 3.10. The number of halogens is 3. The molecule has 2 aromatic heterocycles. The number of rotatable bonds is 7. The number of hydrogen-bond donors (Lipinski definition) is 3. The van der Waals surface area contributed by atoms with Crippen LogP contribution in [-0.2, 0) is 17.8 Å². The van der Waals surface area contributed by atoms with E-state index in [1.807, 2.05) is 6.92 Å². The first-order valence-corrected chi connectivity index (χ1v) is 9.95. The van der Waals surface area contributed by atoms with Crippen molar-refractivity contribution in [2.45, 2.75) is 26.3 Å². The van der Waals surface area contributed by atoms with Crippen molar-refractivity contribution in [3.05, 3.63) is 51.8 Å². The number of nitrogens with zero attached hydrogens (tertiary/aromatic N) is 2. The number of phenolic OH excluding ortho intramolecular Hbond substituents is 1. The van der Waals surface area contributed by atoms with Crippen molar-refractivity contribution in [3.8, 4) is 16.3 Å². The number of aromatic hydroxyl groups is 1. The van der Waals surface area contributed by atoms with Gasteiger partial charge in [0.2, 0.25) is 5.91 Å². The molecule has 0 unspecified atom stereocenters. The van der Waals surface area contributed by atoms with Crippen LogP contribution in [0.2, 0.25) is 5.15 Å². The first-order chi connectivity index (χ1) is 14.2. The maximum absolute atomic E-state index is 14.0. The molecule has 3 rings (SSSR count). The van der Waals surface area contributed by atoms with Gasteiger partial charge in [0.1, 0.15) is 21.5 Å². The van der Waals surface area contributed by atoms with E-state index < -0.39 is 29.3 Å². The predicted octanol–water partition coefficient (Wildman–Crippen LogP) is 3.89. The van der Waals surface area contributed by atoms with Gasteiger partial charge in [-0.3, -0.25) is 4.79 Å². The summed E-state index contributed by atoms with van der Waals surface area (Å²) in [5, 5.41) is 21.2. The van der Waals surface area contributed by atoms with Crippen molar-refractivity contribution in [3.63, 3.8) is 0 Å². The standard InChI is InChI=1S/C19H16ClF2N3O4S.K.H/c1-2-25-7-10(19(28)29)13(8-25)23-16(27)4-3-15-17(20)24-18(30-15)9-5-12(22)14(26)6-11(9)21;;/h5-8,26H,2-4H2,1H3,(H,23,27)(H,28,29);;. The number of hydrogen-bond acceptors (Lipinski definition) is 5. The molecular formula is C19H17ClF2KN3O4S. The average molecular weight is 496 g/mol. The Labute approximate surface area is 227 Å². The number of thiazole rings is 1. The van der Waals surface area contributed by atoms with E-state index in [0.29, 0.717) is 17.5 Å². The third kappa shape index (κ3) is 6.13. The van der Waals surface area contributed by atoms with E-state index in [4.69, 9.17) is 11.6 Å². The van der Waals surface area contributed by atoms with Crippen molar-refractivity contribution in [2.24, 2.45) is 0 Å². The molecule has 3 aromatic rings. The zero-order valence-electron chi connectivity index (χ0n) is 15.6. The number of aromatic nitrogens is 2. The molecule has 31 heavy (non-hydrogen) atoms. The zero-order valence-corrected chi connectivity index (χ0v) is 17.2. The van der Waals surface area contributed by atoms with Crippen LogP contribution in [0.5, 0.6) is 5.75 Å². The van der Waals surface area contributed by atoms with Crippen molar-refractivity contribution in [1.29, 1.82) is 0 Å². The quantitative estimate of drug-likeness (QED) is 0.431. The second kappa shape index (κ2) is 11.0. The molecule has 2 heterocycles. The van der Waals surface area contributed by atoms with Crippen LogP contribution in [0.25, 0.3) is 10.6 Å². The predicted molar refractivity (Wildman–Crippen MR) is 115 cm³/mol. The first kappa shape index (κ1) is 25.9. The number of benzene rings is 1. The van der Waals surface area contributed by atoms with Crippen molar-refractivity contribution in [2.75, 3.05) is 5.32 Å². The minimum atomic E-state index is -1.16.